The Labute approximate surface area is 299 Å². The molecule has 2 amide bonds. The van der Waals surface area contributed by atoms with Crippen LogP contribution in [0.5, 0.6) is 5.75 Å². The Morgan fingerprint density at radius 1 is 0.961 bits per heavy atom. The number of carbonyl (C=O) groups excluding carboxylic acids is 2. The molecule has 2 unspecified atom stereocenters. The molecule has 2 saturated carbocycles. The summed E-state index contributed by atoms with van der Waals surface area (Å²) in [6, 6.07) is 22.4. The van der Waals surface area contributed by atoms with Gasteiger partial charge in [-0.3, -0.25) is 14.5 Å². The zero-order valence-corrected chi connectivity index (χ0v) is 29.8. The molecule has 3 N–H and O–H groups in total. The molecular weight excluding hydrogens is 663 g/mol. The monoisotopic (exact) mass is 707 g/mol. The van der Waals surface area contributed by atoms with E-state index >= 15 is 4.79 Å². The third-order valence-corrected chi connectivity index (χ3v) is 12.9. The highest BCUT2D eigenvalue weighted by atomic mass is 32.2. The molecule has 266 valence electrons. The van der Waals surface area contributed by atoms with Crippen LogP contribution >= 0.6 is 0 Å². The van der Waals surface area contributed by atoms with Gasteiger partial charge in [0.2, 0.25) is 5.91 Å². The van der Waals surface area contributed by atoms with Gasteiger partial charge in [0.1, 0.15) is 11.3 Å². The molecule has 0 bridgehead atoms. The third kappa shape index (κ3) is 5.38. The van der Waals surface area contributed by atoms with E-state index in [2.05, 4.69) is 50.8 Å². The normalized spacial score (nSPS) is 25.8. The number of piperidine rings is 1. The highest BCUT2D eigenvalue weighted by molar-refractivity contribution is 7.87. The molecule has 2 saturated heterocycles. The molecule has 5 aliphatic rings. The summed E-state index contributed by atoms with van der Waals surface area (Å²) in [6.45, 7) is 3.43. The Bertz CT molecular complexity index is 2160. The summed E-state index contributed by atoms with van der Waals surface area (Å²) in [4.78, 5) is 33.5. The zero-order valence-electron chi connectivity index (χ0n) is 29.0. The van der Waals surface area contributed by atoms with E-state index in [1.807, 2.05) is 22.9 Å². The van der Waals surface area contributed by atoms with Gasteiger partial charge in [-0.2, -0.15) is 8.42 Å². The molecule has 9 rings (SSSR count). The van der Waals surface area contributed by atoms with Crippen molar-refractivity contribution >= 4 is 32.9 Å². The second-order valence-corrected chi connectivity index (χ2v) is 16.7. The first-order chi connectivity index (χ1) is 24.7. The van der Waals surface area contributed by atoms with Gasteiger partial charge in [-0.1, -0.05) is 55.7 Å². The van der Waals surface area contributed by atoms with E-state index in [9.17, 15) is 13.2 Å². The molecule has 4 fully saturated rings. The van der Waals surface area contributed by atoms with Crippen molar-refractivity contribution in [2.45, 2.75) is 81.3 Å². The van der Waals surface area contributed by atoms with Gasteiger partial charge in [0.15, 0.2) is 0 Å². The number of nitrogens with zero attached hydrogens (tertiary/aromatic N) is 3. The van der Waals surface area contributed by atoms with E-state index < -0.39 is 21.7 Å². The first kappa shape index (κ1) is 32.7. The van der Waals surface area contributed by atoms with Crippen molar-refractivity contribution in [3.63, 3.8) is 0 Å². The SMILES string of the molecule is COc1ccc2c(c1)C1CC1(C(=O)N1CCC[C@H]3CN(Cc4ccccc4)C[C@H]31)n1c-2c(C2CCCCC2)c2ccc(C(=O)NS(N)(=O)=O)cc21. The van der Waals surface area contributed by atoms with Crippen molar-refractivity contribution in [3.8, 4) is 17.0 Å². The van der Waals surface area contributed by atoms with Gasteiger partial charge in [0, 0.05) is 54.7 Å². The molecule has 0 radical (unpaired) electrons. The minimum Gasteiger partial charge on any atom is -0.497 e. The first-order valence-electron chi connectivity index (χ1n) is 18.5. The minimum absolute atomic E-state index is 0.0542. The lowest BCUT2D eigenvalue weighted by molar-refractivity contribution is -0.140. The molecule has 4 heterocycles. The number of likely N-dealkylation sites (tertiary alicyclic amines) is 2. The number of amides is 2. The molecule has 0 spiro atoms. The van der Waals surface area contributed by atoms with Gasteiger partial charge in [0.25, 0.3) is 16.1 Å². The molecular formula is C40H45N5O5S. The number of ether oxygens (including phenoxy) is 1. The largest absolute Gasteiger partial charge is 0.497 e. The number of benzene rings is 3. The number of hydrogen-bond donors (Lipinski definition) is 2. The topological polar surface area (TPSA) is 127 Å². The second-order valence-electron chi connectivity index (χ2n) is 15.4. The maximum absolute atomic E-state index is 15.6. The van der Waals surface area contributed by atoms with Crippen LogP contribution in [0.1, 0.15) is 90.3 Å². The molecule has 11 heteroatoms. The summed E-state index contributed by atoms with van der Waals surface area (Å²) in [5, 5.41) is 6.24. The molecule has 3 aromatic carbocycles. The lowest BCUT2D eigenvalue weighted by atomic mass is 9.80. The number of fused-ring (bicyclic) bond motifs is 9. The molecule has 10 nitrogen and oxygen atoms in total. The molecule has 1 aromatic heterocycles. The maximum Gasteiger partial charge on any atom is 0.298 e. The van der Waals surface area contributed by atoms with Crippen LogP contribution in [0.25, 0.3) is 22.2 Å². The number of aromatic nitrogens is 1. The number of carbonyl (C=O) groups is 2. The van der Waals surface area contributed by atoms with Crippen molar-refractivity contribution in [2.24, 2.45) is 11.1 Å². The molecule has 4 aromatic rings. The summed E-state index contributed by atoms with van der Waals surface area (Å²) >= 11 is 0. The number of nitrogens with two attached hydrogens (primary N) is 1. The Morgan fingerprint density at radius 2 is 1.76 bits per heavy atom. The van der Waals surface area contributed by atoms with E-state index in [-0.39, 0.29) is 23.4 Å². The quantitative estimate of drug-likeness (QED) is 0.257. The Hall–Kier alpha value is -4.19. The fraction of sp³-hybridized carbons (Fsp3) is 0.450. The molecule has 4 atom stereocenters. The minimum atomic E-state index is -4.26. The number of hydrogen-bond acceptors (Lipinski definition) is 6. The second kappa shape index (κ2) is 12.2. The van der Waals surface area contributed by atoms with E-state index in [1.165, 1.54) is 17.5 Å². The van der Waals surface area contributed by atoms with Crippen LogP contribution in [-0.4, -0.2) is 67.4 Å². The van der Waals surface area contributed by atoms with Gasteiger partial charge >= 0.3 is 0 Å². The standard InChI is InChI=1S/C40H45N5O5S/c1-50-29-15-17-30-32(20-29)33-21-40(33,39(47)44-18-8-13-28-23-43(24-35(28)44)22-25-9-4-2-5-10-25)45-34-19-27(38(46)42-51(41,48)49)14-16-31(34)36(37(30)45)26-11-6-3-7-12-26/h2,4-5,9-10,14-17,19-20,26,28,33,35H,3,6-8,11-13,18,21-24H2,1H3,(H,42,46)(H2,41,48,49)/t28-,33?,35+,40?/m0/s1. The number of rotatable bonds is 7. The Morgan fingerprint density at radius 3 is 2.53 bits per heavy atom. The smallest absolute Gasteiger partial charge is 0.298 e. The van der Waals surface area contributed by atoms with Crippen LogP contribution in [0.3, 0.4) is 0 Å². The van der Waals surface area contributed by atoms with Crippen LogP contribution in [0.4, 0.5) is 0 Å². The van der Waals surface area contributed by atoms with Crippen LogP contribution in [0, 0.1) is 5.92 Å². The average Bonchev–Trinajstić information content (AvgIpc) is 3.61. The summed E-state index contributed by atoms with van der Waals surface area (Å²) in [5.74, 6) is 0.818. The summed E-state index contributed by atoms with van der Waals surface area (Å²) in [7, 11) is -2.58. The predicted molar refractivity (Wildman–Crippen MR) is 196 cm³/mol. The van der Waals surface area contributed by atoms with Gasteiger partial charge in [-0.25, -0.2) is 9.86 Å². The van der Waals surface area contributed by atoms with Crippen LogP contribution in [0.2, 0.25) is 0 Å². The Balaban J connectivity index is 1.20. The first-order valence-corrected chi connectivity index (χ1v) is 20.0. The van der Waals surface area contributed by atoms with E-state index in [4.69, 9.17) is 9.88 Å². The van der Waals surface area contributed by atoms with Crippen molar-refractivity contribution in [1.82, 2.24) is 19.1 Å². The average molecular weight is 708 g/mol. The lowest BCUT2D eigenvalue weighted by Crippen LogP contribution is -2.54. The molecule has 2 aliphatic carbocycles. The number of methoxy groups -OCH3 is 1. The number of nitrogens with one attached hydrogen (secondary N) is 1. The summed E-state index contributed by atoms with van der Waals surface area (Å²) in [5.41, 5.74) is 5.98. The van der Waals surface area contributed by atoms with Crippen molar-refractivity contribution < 1.29 is 22.7 Å². The predicted octanol–water partition coefficient (Wildman–Crippen LogP) is 5.62. The van der Waals surface area contributed by atoms with Crippen LogP contribution in [-0.2, 0) is 27.1 Å². The van der Waals surface area contributed by atoms with Crippen molar-refractivity contribution in [1.29, 1.82) is 0 Å². The Kier molecular flexibility index (Phi) is 7.83. The van der Waals surface area contributed by atoms with Gasteiger partial charge in [0.05, 0.1) is 18.3 Å². The van der Waals surface area contributed by atoms with Crippen LogP contribution in [0.15, 0.2) is 66.7 Å². The lowest BCUT2D eigenvalue weighted by Gasteiger charge is -2.41. The maximum atomic E-state index is 15.6. The fourth-order valence-electron chi connectivity index (χ4n) is 10.2. The zero-order chi connectivity index (χ0) is 35.1. The highest BCUT2D eigenvalue weighted by Gasteiger charge is 2.68. The van der Waals surface area contributed by atoms with Gasteiger partial charge < -0.3 is 14.2 Å². The summed E-state index contributed by atoms with van der Waals surface area (Å²) in [6.07, 6.45) is 8.35. The molecule has 51 heavy (non-hydrogen) atoms. The fourth-order valence-corrected chi connectivity index (χ4v) is 10.6. The van der Waals surface area contributed by atoms with E-state index in [0.717, 1.165) is 98.2 Å². The molecule has 3 aliphatic heterocycles. The van der Waals surface area contributed by atoms with E-state index in [1.54, 1.807) is 19.2 Å². The van der Waals surface area contributed by atoms with Crippen LogP contribution < -0.4 is 14.6 Å². The van der Waals surface area contributed by atoms with Crippen molar-refractivity contribution in [3.05, 3.63) is 89.0 Å². The van der Waals surface area contributed by atoms with Gasteiger partial charge in [-0.15, -0.1) is 0 Å². The van der Waals surface area contributed by atoms with Gasteiger partial charge in [-0.05, 0) is 91.0 Å². The van der Waals surface area contributed by atoms with E-state index in [0.29, 0.717) is 18.3 Å². The summed E-state index contributed by atoms with van der Waals surface area (Å²) < 4.78 is 33.7. The third-order valence-electron chi connectivity index (χ3n) is 12.5. The van der Waals surface area contributed by atoms with Crippen molar-refractivity contribution in [2.75, 3.05) is 26.7 Å². The highest BCUT2D eigenvalue weighted by Crippen LogP contribution is 2.67.